The van der Waals surface area contributed by atoms with E-state index in [0.717, 1.165) is 5.56 Å². The molecule has 0 N–H and O–H groups in total. The second kappa shape index (κ2) is 7.28. The predicted octanol–water partition coefficient (Wildman–Crippen LogP) is 4.46. The van der Waals surface area contributed by atoms with Crippen LogP contribution in [0.4, 0.5) is 5.69 Å². The van der Waals surface area contributed by atoms with E-state index in [1.807, 2.05) is 42.5 Å². The molecule has 0 saturated carbocycles. The summed E-state index contributed by atoms with van der Waals surface area (Å²) in [6.07, 6.45) is 3.64. The van der Waals surface area contributed by atoms with Gasteiger partial charge in [-0.15, -0.1) is 0 Å². The highest BCUT2D eigenvalue weighted by molar-refractivity contribution is 5.80. The summed E-state index contributed by atoms with van der Waals surface area (Å²) in [6, 6.07) is 22.7. The van der Waals surface area contributed by atoms with E-state index in [4.69, 9.17) is 0 Å². The van der Waals surface area contributed by atoms with Crippen molar-refractivity contribution in [3.05, 3.63) is 111 Å². The van der Waals surface area contributed by atoms with Crippen LogP contribution in [0.15, 0.2) is 83.7 Å². The van der Waals surface area contributed by atoms with Gasteiger partial charge >= 0.3 is 0 Å². The third-order valence-electron chi connectivity index (χ3n) is 4.34. The fourth-order valence-corrected chi connectivity index (χ4v) is 2.97. The number of para-hydroxylation sites is 1. The molecule has 0 unspecified atom stereocenters. The van der Waals surface area contributed by atoms with Gasteiger partial charge in [-0.2, -0.15) is 0 Å². The maximum absolute atomic E-state index is 13.1. The van der Waals surface area contributed by atoms with Crippen molar-refractivity contribution in [2.75, 3.05) is 0 Å². The Balaban J connectivity index is 1.92. The van der Waals surface area contributed by atoms with Crippen molar-refractivity contribution in [1.82, 2.24) is 9.55 Å². The first kappa shape index (κ1) is 17.4. The minimum Gasteiger partial charge on any atom is -0.268 e. The van der Waals surface area contributed by atoms with Crippen molar-refractivity contribution >= 4 is 28.7 Å². The molecule has 4 rings (SSSR count). The van der Waals surface area contributed by atoms with Gasteiger partial charge in [-0.3, -0.25) is 19.5 Å². The Kier molecular flexibility index (Phi) is 4.51. The lowest BCUT2D eigenvalue weighted by Gasteiger charge is -2.11. The number of aromatic nitrogens is 2. The summed E-state index contributed by atoms with van der Waals surface area (Å²) >= 11 is 0. The Morgan fingerprint density at radius 2 is 1.54 bits per heavy atom. The molecule has 1 aromatic heterocycles. The van der Waals surface area contributed by atoms with Crippen LogP contribution in [0.3, 0.4) is 0 Å². The molecule has 0 radical (unpaired) electrons. The summed E-state index contributed by atoms with van der Waals surface area (Å²) in [6.45, 7) is 0. The second-order valence-electron chi connectivity index (χ2n) is 6.15. The number of nitro benzene ring substituents is 1. The van der Waals surface area contributed by atoms with Gasteiger partial charge in [0.2, 0.25) is 0 Å². The average molecular weight is 369 g/mol. The fourth-order valence-electron chi connectivity index (χ4n) is 2.97. The fraction of sp³-hybridized carbons (Fsp3) is 0. The van der Waals surface area contributed by atoms with Gasteiger partial charge in [0.05, 0.1) is 21.5 Å². The number of nitrogens with zero attached hydrogens (tertiary/aromatic N) is 3. The minimum atomic E-state index is -0.471. The Morgan fingerprint density at radius 3 is 2.25 bits per heavy atom. The van der Waals surface area contributed by atoms with Gasteiger partial charge in [0.25, 0.3) is 11.2 Å². The third-order valence-corrected chi connectivity index (χ3v) is 4.34. The van der Waals surface area contributed by atoms with Gasteiger partial charge < -0.3 is 0 Å². The first-order valence-corrected chi connectivity index (χ1v) is 8.63. The topological polar surface area (TPSA) is 78.0 Å². The molecule has 0 atom stereocenters. The first-order chi connectivity index (χ1) is 13.6. The standard InChI is InChI=1S/C22H15N3O3/c26-22-19-8-4-5-9-20(19)23-21(15-10-16-6-2-1-3-7-16)24(22)17-11-13-18(14-12-17)25(27)28/h1-15H. The van der Waals surface area contributed by atoms with E-state index in [1.165, 1.54) is 16.7 Å². The van der Waals surface area contributed by atoms with Crippen LogP contribution in [-0.2, 0) is 0 Å². The number of hydrogen-bond acceptors (Lipinski definition) is 4. The van der Waals surface area contributed by atoms with Crippen molar-refractivity contribution in [2.24, 2.45) is 0 Å². The second-order valence-corrected chi connectivity index (χ2v) is 6.15. The lowest BCUT2D eigenvalue weighted by atomic mass is 10.2. The molecule has 1 heterocycles. The lowest BCUT2D eigenvalue weighted by molar-refractivity contribution is -0.384. The first-order valence-electron chi connectivity index (χ1n) is 8.63. The number of rotatable bonds is 4. The van der Waals surface area contributed by atoms with Crippen molar-refractivity contribution in [3.8, 4) is 5.69 Å². The Bertz CT molecular complexity index is 1240. The minimum absolute atomic E-state index is 0.0353. The Hall–Kier alpha value is -4.06. The van der Waals surface area contributed by atoms with Gasteiger partial charge in [-0.1, -0.05) is 48.5 Å². The third kappa shape index (κ3) is 3.31. The zero-order valence-corrected chi connectivity index (χ0v) is 14.7. The van der Waals surface area contributed by atoms with Crippen LogP contribution in [0.1, 0.15) is 11.4 Å². The molecule has 0 saturated heterocycles. The average Bonchev–Trinajstić information content (AvgIpc) is 2.73. The number of nitro groups is 1. The quantitative estimate of drug-likeness (QED) is 0.393. The highest BCUT2D eigenvalue weighted by atomic mass is 16.6. The summed E-state index contributed by atoms with van der Waals surface area (Å²) < 4.78 is 1.46. The molecule has 0 aliphatic rings. The molecule has 136 valence electrons. The van der Waals surface area contributed by atoms with E-state index >= 15 is 0 Å². The number of non-ortho nitro benzene ring substituents is 1. The highest BCUT2D eigenvalue weighted by Gasteiger charge is 2.12. The van der Waals surface area contributed by atoms with E-state index in [9.17, 15) is 14.9 Å². The maximum Gasteiger partial charge on any atom is 0.269 e. The molecular weight excluding hydrogens is 354 g/mol. The molecule has 0 bridgehead atoms. The van der Waals surface area contributed by atoms with Crippen molar-refractivity contribution in [1.29, 1.82) is 0 Å². The van der Waals surface area contributed by atoms with Crippen molar-refractivity contribution in [3.63, 3.8) is 0 Å². The molecule has 0 amide bonds. The Morgan fingerprint density at radius 1 is 0.857 bits per heavy atom. The molecule has 6 heteroatoms. The molecule has 0 fully saturated rings. The highest BCUT2D eigenvalue weighted by Crippen LogP contribution is 2.18. The summed E-state index contributed by atoms with van der Waals surface area (Å²) in [4.78, 5) is 28.2. The zero-order valence-electron chi connectivity index (χ0n) is 14.7. The smallest absolute Gasteiger partial charge is 0.268 e. The van der Waals surface area contributed by atoms with Crippen LogP contribution in [0.25, 0.3) is 28.7 Å². The van der Waals surface area contributed by atoms with Crippen LogP contribution in [0.2, 0.25) is 0 Å². The molecule has 0 aliphatic carbocycles. The van der Waals surface area contributed by atoms with Gasteiger partial charge in [0.1, 0.15) is 5.82 Å². The van der Waals surface area contributed by atoms with Crippen LogP contribution >= 0.6 is 0 Å². The predicted molar refractivity (Wildman–Crippen MR) is 109 cm³/mol. The number of hydrogen-bond donors (Lipinski definition) is 0. The summed E-state index contributed by atoms with van der Waals surface area (Å²) in [5.41, 5.74) is 1.82. The van der Waals surface area contributed by atoms with Gasteiger partial charge in [0.15, 0.2) is 0 Å². The number of fused-ring (bicyclic) bond motifs is 1. The van der Waals surface area contributed by atoms with Crippen molar-refractivity contribution < 1.29 is 4.92 Å². The zero-order chi connectivity index (χ0) is 19.5. The summed E-state index contributed by atoms with van der Waals surface area (Å²) in [5, 5.41) is 11.4. The molecule has 6 nitrogen and oxygen atoms in total. The van der Waals surface area contributed by atoms with Gasteiger partial charge in [-0.25, -0.2) is 4.98 Å². The molecule has 3 aromatic carbocycles. The molecule has 28 heavy (non-hydrogen) atoms. The van der Waals surface area contributed by atoms with Crippen LogP contribution in [-0.4, -0.2) is 14.5 Å². The molecular formula is C22H15N3O3. The lowest BCUT2D eigenvalue weighted by Crippen LogP contribution is -2.22. The summed E-state index contributed by atoms with van der Waals surface area (Å²) in [5.74, 6) is 0.446. The van der Waals surface area contributed by atoms with Crippen LogP contribution < -0.4 is 5.56 Å². The van der Waals surface area contributed by atoms with E-state index in [-0.39, 0.29) is 11.2 Å². The van der Waals surface area contributed by atoms with Crippen molar-refractivity contribution in [2.45, 2.75) is 0 Å². The normalized spacial score (nSPS) is 11.1. The SMILES string of the molecule is O=c1c2ccccc2nc(C=Cc2ccccc2)n1-c1ccc([N+](=O)[O-])cc1. The van der Waals surface area contributed by atoms with E-state index in [2.05, 4.69) is 4.98 Å². The Labute approximate surface area is 160 Å². The van der Waals surface area contributed by atoms with Crippen LogP contribution in [0, 0.1) is 10.1 Å². The molecule has 4 aromatic rings. The summed E-state index contributed by atoms with van der Waals surface area (Å²) in [7, 11) is 0. The monoisotopic (exact) mass is 369 g/mol. The van der Waals surface area contributed by atoms with E-state index in [1.54, 1.807) is 36.4 Å². The van der Waals surface area contributed by atoms with Crippen LogP contribution in [0.5, 0.6) is 0 Å². The van der Waals surface area contributed by atoms with E-state index < -0.39 is 4.92 Å². The van der Waals surface area contributed by atoms with Gasteiger partial charge in [0, 0.05) is 12.1 Å². The molecule has 0 aliphatic heterocycles. The van der Waals surface area contributed by atoms with Gasteiger partial charge in [-0.05, 0) is 35.9 Å². The number of benzene rings is 3. The van der Waals surface area contributed by atoms with E-state index in [0.29, 0.717) is 22.4 Å². The maximum atomic E-state index is 13.1. The largest absolute Gasteiger partial charge is 0.269 e. The molecule has 0 spiro atoms.